The molecule has 3 N–H and O–H groups in total. The number of carbonyl (C=O) groups excluding carboxylic acids is 1. The Hall–Kier alpha value is -2.93. The number of aromatic hydroxyl groups is 1. The fourth-order valence-electron chi connectivity index (χ4n) is 3.08. The van der Waals surface area contributed by atoms with Crippen molar-refractivity contribution in [3.63, 3.8) is 0 Å². The molecule has 1 amide bonds. The van der Waals surface area contributed by atoms with Crippen LogP contribution < -0.4 is 10.6 Å². The SMILES string of the molecule is O=C(NCC1CCNC1)c1cnn2c(O)cc(-c3ccccc3)nc12. The van der Waals surface area contributed by atoms with Crippen molar-refractivity contribution in [3.8, 4) is 17.1 Å². The van der Waals surface area contributed by atoms with Gasteiger partial charge in [0, 0.05) is 18.2 Å². The molecule has 0 spiro atoms. The average Bonchev–Trinajstić information content (AvgIpc) is 3.30. The lowest BCUT2D eigenvalue weighted by Gasteiger charge is -2.09. The second-order valence-corrected chi connectivity index (χ2v) is 6.23. The molecule has 2 aromatic heterocycles. The number of rotatable bonds is 4. The van der Waals surface area contributed by atoms with E-state index < -0.39 is 0 Å². The van der Waals surface area contributed by atoms with Crippen molar-refractivity contribution in [2.24, 2.45) is 5.92 Å². The van der Waals surface area contributed by atoms with Gasteiger partial charge < -0.3 is 15.7 Å². The first-order valence-electron chi connectivity index (χ1n) is 8.34. The Balaban J connectivity index is 1.65. The van der Waals surface area contributed by atoms with E-state index in [0.717, 1.165) is 25.1 Å². The Morgan fingerprint density at radius 1 is 1.36 bits per heavy atom. The van der Waals surface area contributed by atoms with Crippen LogP contribution in [0.4, 0.5) is 0 Å². The Morgan fingerprint density at radius 3 is 2.96 bits per heavy atom. The lowest BCUT2D eigenvalue weighted by Crippen LogP contribution is -2.30. The normalized spacial score (nSPS) is 17.0. The Kier molecular flexibility index (Phi) is 4.07. The molecule has 1 aliphatic rings. The molecule has 4 rings (SSSR count). The quantitative estimate of drug-likeness (QED) is 0.670. The molecule has 3 aromatic rings. The lowest BCUT2D eigenvalue weighted by molar-refractivity contribution is 0.0949. The van der Waals surface area contributed by atoms with E-state index in [0.29, 0.717) is 29.4 Å². The van der Waals surface area contributed by atoms with E-state index in [-0.39, 0.29) is 11.8 Å². The first kappa shape index (κ1) is 15.6. The minimum Gasteiger partial charge on any atom is -0.493 e. The highest BCUT2D eigenvalue weighted by Crippen LogP contribution is 2.24. The molecule has 25 heavy (non-hydrogen) atoms. The molecule has 3 heterocycles. The summed E-state index contributed by atoms with van der Waals surface area (Å²) in [6.07, 6.45) is 2.51. The van der Waals surface area contributed by atoms with Crippen LogP contribution in [0.2, 0.25) is 0 Å². The predicted octanol–water partition coefficient (Wildman–Crippen LogP) is 1.44. The molecule has 1 aromatic carbocycles. The second kappa shape index (κ2) is 6.52. The second-order valence-electron chi connectivity index (χ2n) is 6.23. The fourth-order valence-corrected chi connectivity index (χ4v) is 3.08. The number of fused-ring (bicyclic) bond motifs is 1. The van der Waals surface area contributed by atoms with E-state index in [1.165, 1.54) is 10.7 Å². The molecular weight excluding hydrogens is 318 g/mol. The van der Waals surface area contributed by atoms with Crippen LogP contribution in [0.5, 0.6) is 5.88 Å². The van der Waals surface area contributed by atoms with Crippen molar-refractivity contribution in [1.29, 1.82) is 0 Å². The molecule has 1 saturated heterocycles. The molecule has 1 fully saturated rings. The maximum atomic E-state index is 12.5. The Morgan fingerprint density at radius 2 is 2.20 bits per heavy atom. The lowest BCUT2D eigenvalue weighted by atomic mass is 10.1. The highest BCUT2D eigenvalue weighted by Gasteiger charge is 2.20. The van der Waals surface area contributed by atoms with Crippen LogP contribution in [-0.4, -0.2) is 45.2 Å². The van der Waals surface area contributed by atoms with Gasteiger partial charge >= 0.3 is 0 Å². The number of hydrogen-bond acceptors (Lipinski definition) is 5. The van der Waals surface area contributed by atoms with Gasteiger partial charge in [0.1, 0.15) is 5.56 Å². The molecule has 128 valence electrons. The molecule has 7 nitrogen and oxygen atoms in total. The van der Waals surface area contributed by atoms with Crippen LogP contribution in [0.15, 0.2) is 42.6 Å². The summed E-state index contributed by atoms with van der Waals surface area (Å²) in [6.45, 7) is 2.53. The number of aromatic nitrogens is 3. The van der Waals surface area contributed by atoms with Gasteiger partial charge in [-0.1, -0.05) is 30.3 Å². The van der Waals surface area contributed by atoms with Gasteiger partial charge in [0.25, 0.3) is 5.91 Å². The first-order valence-corrected chi connectivity index (χ1v) is 8.34. The van der Waals surface area contributed by atoms with Gasteiger partial charge in [-0.2, -0.15) is 9.61 Å². The van der Waals surface area contributed by atoms with E-state index in [2.05, 4.69) is 20.7 Å². The molecule has 1 unspecified atom stereocenters. The molecule has 0 aliphatic carbocycles. The van der Waals surface area contributed by atoms with Gasteiger partial charge in [-0.15, -0.1) is 0 Å². The van der Waals surface area contributed by atoms with Crippen LogP contribution in [0.1, 0.15) is 16.8 Å². The van der Waals surface area contributed by atoms with Crippen molar-refractivity contribution < 1.29 is 9.90 Å². The van der Waals surface area contributed by atoms with Crippen LogP contribution >= 0.6 is 0 Å². The van der Waals surface area contributed by atoms with Crippen LogP contribution in [-0.2, 0) is 0 Å². The van der Waals surface area contributed by atoms with Crippen LogP contribution in [0.25, 0.3) is 16.9 Å². The maximum absolute atomic E-state index is 12.5. The number of benzene rings is 1. The zero-order chi connectivity index (χ0) is 17.2. The minimum absolute atomic E-state index is 0.0529. The molecule has 0 saturated carbocycles. The average molecular weight is 337 g/mol. The number of carbonyl (C=O) groups is 1. The summed E-state index contributed by atoms with van der Waals surface area (Å²) in [5.74, 6) is 0.175. The maximum Gasteiger partial charge on any atom is 0.256 e. The highest BCUT2D eigenvalue weighted by atomic mass is 16.3. The van der Waals surface area contributed by atoms with Gasteiger partial charge in [-0.05, 0) is 25.4 Å². The molecule has 1 aliphatic heterocycles. The summed E-state index contributed by atoms with van der Waals surface area (Å²) >= 11 is 0. The zero-order valence-electron chi connectivity index (χ0n) is 13.6. The standard InChI is InChI=1S/C18H19N5O2/c24-16-8-15(13-4-2-1-3-5-13)22-17-14(11-21-23(16)17)18(25)20-10-12-6-7-19-9-12/h1-5,8,11-12,19,24H,6-7,9-10H2,(H,20,25). The number of nitrogens with one attached hydrogen (secondary N) is 2. The summed E-state index contributed by atoms with van der Waals surface area (Å²) in [7, 11) is 0. The molecule has 1 atom stereocenters. The molecule has 7 heteroatoms. The van der Waals surface area contributed by atoms with E-state index in [1.54, 1.807) is 6.07 Å². The largest absolute Gasteiger partial charge is 0.493 e. The fraction of sp³-hybridized carbons (Fsp3) is 0.278. The van der Waals surface area contributed by atoms with Gasteiger partial charge in [-0.3, -0.25) is 4.79 Å². The van der Waals surface area contributed by atoms with Crippen molar-refractivity contribution in [1.82, 2.24) is 25.2 Å². The van der Waals surface area contributed by atoms with Crippen molar-refractivity contribution in [2.75, 3.05) is 19.6 Å². The Labute approximate surface area is 144 Å². The number of amides is 1. The van der Waals surface area contributed by atoms with Crippen LogP contribution in [0, 0.1) is 5.92 Å². The zero-order valence-corrected chi connectivity index (χ0v) is 13.6. The third kappa shape index (κ3) is 3.06. The van der Waals surface area contributed by atoms with Gasteiger partial charge in [-0.25, -0.2) is 4.98 Å². The Bertz CT molecular complexity index is 900. The molecule has 0 radical (unpaired) electrons. The summed E-state index contributed by atoms with van der Waals surface area (Å²) in [4.78, 5) is 17.1. The smallest absolute Gasteiger partial charge is 0.256 e. The topological polar surface area (TPSA) is 91.6 Å². The van der Waals surface area contributed by atoms with Gasteiger partial charge in [0.2, 0.25) is 5.88 Å². The highest BCUT2D eigenvalue weighted by molar-refractivity contribution is 6.00. The van der Waals surface area contributed by atoms with E-state index in [1.807, 2.05) is 30.3 Å². The number of nitrogens with zero attached hydrogens (tertiary/aromatic N) is 3. The van der Waals surface area contributed by atoms with Gasteiger partial charge in [0.15, 0.2) is 5.65 Å². The third-order valence-electron chi connectivity index (χ3n) is 4.48. The van der Waals surface area contributed by atoms with Crippen molar-refractivity contribution >= 4 is 11.6 Å². The summed E-state index contributed by atoms with van der Waals surface area (Å²) in [5.41, 5.74) is 2.17. The van der Waals surface area contributed by atoms with Crippen molar-refractivity contribution in [3.05, 3.63) is 48.2 Å². The van der Waals surface area contributed by atoms with Crippen molar-refractivity contribution in [2.45, 2.75) is 6.42 Å². The van der Waals surface area contributed by atoms with E-state index in [4.69, 9.17) is 0 Å². The minimum atomic E-state index is -0.223. The summed E-state index contributed by atoms with van der Waals surface area (Å²) < 4.78 is 1.28. The summed E-state index contributed by atoms with van der Waals surface area (Å²) in [6, 6.07) is 11.1. The predicted molar refractivity (Wildman–Crippen MR) is 93.4 cm³/mol. The van der Waals surface area contributed by atoms with Crippen LogP contribution in [0.3, 0.4) is 0 Å². The van der Waals surface area contributed by atoms with E-state index >= 15 is 0 Å². The molecule has 0 bridgehead atoms. The van der Waals surface area contributed by atoms with Gasteiger partial charge in [0.05, 0.1) is 11.9 Å². The molecular formula is C18H19N5O2. The monoisotopic (exact) mass is 337 g/mol. The first-order chi connectivity index (χ1) is 12.2. The third-order valence-corrected chi connectivity index (χ3v) is 4.48. The number of hydrogen-bond donors (Lipinski definition) is 3. The summed E-state index contributed by atoms with van der Waals surface area (Å²) in [5, 5.41) is 20.5. The van der Waals surface area contributed by atoms with E-state index in [9.17, 15) is 9.90 Å².